The number of fused-ring (bicyclic) bond motifs is 3. The van der Waals surface area contributed by atoms with Gasteiger partial charge in [0.15, 0.2) is 11.5 Å². The SMILES string of the molecule is COc1cc2c(c(Br)c1OCC(C)O)CCN1CC(OC(C)(C)C)CCC21. The molecule has 2 aliphatic heterocycles. The van der Waals surface area contributed by atoms with Gasteiger partial charge in [0.2, 0.25) is 0 Å². The molecule has 0 saturated carbocycles. The van der Waals surface area contributed by atoms with Gasteiger partial charge in [-0.25, -0.2) is 0 Å². The molecule has 3 atom stereocenters. The van der Waals surface area contributed by atoms with E-state index in [9.17, 15) is 5.11 Å². The van der Waals surface area contributed by atoms with Crippen LogP contribution in [0.2, 0.25) is 0 Å². The second kappa shape index (κ2) is 8.27. The largest absolute Gasteiger partial charge is 0.493 e. The molecule has 1 fully saturated rings. The van der Waals surface area contributed by atoms with Gasteiger partial charge in [0, 0.05) is 19.1 Å². The first kappa shape index (κ1) is 20.9. The third-order valence-corrected chi connectivity index (χ3v) is 6.02. The van der Waals surface area contributed by atoms with E-state index in [1.165, 1.54) is 11.1 Å². The Morgan fingerprint density at radius 2 is 2.07 bits per heavy atom. The van der Waals surface area contributed by atoms with Gasteiger partial charge < -0.3 is 19.3 Å². The third-order valence-electron chi connectivity index (χ3n) is 5.18. The fraction of sp³-hybridized carbons (Fsp3) is 0.714. The standard InChI is InChI=1S/C21H32BrNO4/c1-13(24)12-26-20-18(25-5)10-16-15(19(20)22)8-9-23-11-14(6-7-17(16)23)27-21(2,3)4/h10,13-14,17,24H,6-9,11-12H2,1-5H3. The Kier molecular flexibility index (Phi) is 6.41. The number of aliphatic hydroxyl groups excluding tert-OH is 1. The number of benzene rings is 1. The predicted octanol–water partition coefficient (Wildman–Crippen LogP) is 4.09. The second-order valence-electron chi connectivity index (χ2n) is 8.64. The van der Waals surface area contributed by atoms with Crippen LogP contribution in [0.4, 0.5) is 0 Å². The van der Waals surface area contributed by atoms with Gasteiger partial charge in [-0.1, -0.05) is 0 Å². The van der Waals surface area contributed by atoms with Crippen molar-refractivity contribution in [3.8, 4) is 11.5 Å². The molecule has 1 N–H and O–H groups in total. The van der Waals surface area contributed by atoms with Crippen molar-refractivity contribution >= 4 is 15.9 Å². The summed E-state index contributed by atoms with van der Waals surface area (Å²) in [5.74, 6) is 1.41. The van der Waals surface area contributed by atoms with Crippen LogP contribution in [0.1, 0.15) is 57.7 Å². The summed E-state index contributed by atoms with van der Waals surface area (Å²) < 4.78 is 18.7. The van der Waals surface area contributed by atoms with Gasteiger partial charge in [-0.05, 0) is 80.1 Å². The Hall–Kier alpha value is -0.820. The molecule has 27 heavy (non-hydrogen) atoms. The van der Waals surface area contributed by atoms with E-state index in [0.29, 0.717) is 17.9 Å². The molecule has 2 heterocycles. The van der Waals surface area contributed by atoms with Crippen LogP contribution in [-0.4, -0.2) is 54.6 Å². The summed E-state index contributed by atoms with van der Waals surface area (Å²) in [6.07, 6.45) is 2.88. The topological polar surface area (TPSA) is 51.2 Å². The highest BCUT2D eigenvalue weighted by molar-refractivity contribution is 9.10. The summed E-state index contributed by atoms with van der Waals surface area (Å²) in [7, 11) is 1.66. The molecule has 1 aromatic rings. The lowest BCUT2D eigenvalue weighted by atomic mass is 9.85. The molecule has 2 aliphatic rings. The summed E-state index contributed by atoms with van der Waals surface area (Å²) in [5.41, 5.74) is 2.52. The summed E-state index contributed by atoms with van der Waals surface area (Å²) in [6.45, 7) is 10.3. The highest BCUT2D eigenvalue weighted by Crippen LogP contribution is 2.47. The smallest absolute Gasteiger partial charge is 0.175 e. The minimum atomic E-state index is -0.522. The number of hydrogen-bond acceptors (Lipinski definition) is 5. The average molecular weight is 442 g/mol. The zero-order valence-corrected chi connectivity index (χ0v) is 18.6. The number of halogens is 1. The molecule has 3 unspecified atom stereocenters. The fourth-order valence-electron chi connectivity index (χ4n) is 4.16. The lowest BCUT2D eigenvalue weighted by molar-refractivity contribution is -0.0971. The summed E-state index contributed by atoms with van der Waals surface area (Å²) in [5, 5.41) is 9.57. The molecule has 0 amide bonds. The number of aliphatic hydroxyl groups is 1. The van der Waals surface area contributed by atoms with Crippen LogP contribution >= 0.6 is 15.9 Å². The first-order valence-corrected chi connectivity index (χ1v) is 10.6. The van der Waals surface area contributed by atoms with Gasteiger partial charge in [-0.15, -0.1) is 0 Å². The van der Waals surface area contributed by atoms with E-state index < -0.39 is 6.10 Å². The van der Waals surface area contributed by atoms with Crippen LogP contribution in [0, 0.1) is 0 Å². The zero-order valence-electron chi connectivity index (χ0n) is 17.0. The summed E-state index contributed by atoms with van der Waals surface area (Å²) in [6, 6.07) is 2.52. The molecule has 0 bridgehead atoms. The monoisotopic (exact) mass is 441 g/mol. The van der Waals surface area contributed by atoms with E-state index in [0.717, 1.165) is 42.6 Å². The molecule has 6 heteroatoms. The first-order valence-electron chi connectivity index (χ1n) is 9.81. The summed E-state index contributed by atoms with van der Waals surface area (Å²) >= 11 is 3.75. The van der Waals surface area contributed by atoms with Crippen molar-refractivity contribution in [1.82, 2.24) is 4.90 Å². The highest BCUT2D eigenvalue weighted by atomic mass is 79.9. The van der Waals surface area contributed by atoms with E-state index in [1.807, 2.05) is 0 Å². The van der Waals surface area contributed by atoms with Gasteiger partial charge >= 0.3 is 0 Å². The Balaban J connectivity index is 1.84. The fourth-order valence-corrected chi connectivity index (χ4v) is 4.90. The minimum absolute atomic E-state index is 0.104. The first-order chi connectivity index (χ1) is 12.7. The lowest BCUT2D eigenvalue weighted by Gasteiger charge is -2.45. The zero-order chi connectivity index (χ0) is 19.8. The van der Waals surface area contributed by atoms with E-state index in [4.69, 9.17) is 14.2 Å². The van der Waals surface area contributed by atoms with Gasteiger partial charge in [-0.3, -0.25) is 4.90 Å². The maximum Gasteiger partial charge on any atom is 0.175 e. The molecule has 3 rings (SSSR count). The van der Waals surface area contributed by atoms with Crippen molar-refractivity contribution in [2.45, 2.75) is 70.8 Å². The molecule has 1 aromatic carbocycles. The Labute approximate surface area is 171 Å². The van der Waals surface area contributed by atoms with Crippen LogP contribution in [0.15, 0.2) is 10.5 Å². The van der Waals surface area contributed by atoms with Crippen LogP contribution in [0.5, 0.6) is 11.5 Å². The van der Waals surface area contributed by atoms with Gasteiger partial charge in [0.25, 0.3) is 0 Å². The molecular weight excluding hydrogens is 410 g/mol. The third kappa shape index (κ3) is 4.78. The number of nitrogens with zero attached hydrogens (tertiary/aromatic N) is 1. The highest BCUT2D eigenvalue weighted by Gasteiger charge is 2.37. The normalized spacial score (nSPS) is 24.1. The van der Waals surface area contributed by atoms with E-state index in [-0.39, 0.29) is 12.2 Å². The number of methoxy groups -OCH3 is 1. The predicted molar refractivity (Wildman–Crippen MR) is 110 cm³/mol. The molecule has 1 saturated heterocycles. The maximum absolute atomic E-state index is 9.57. The van der Waals surface area contributed by atoms with Crippen LogP contribution in [0.25, 0.3) is 0 Å². The maximum atomic E-state index is 9.57. The quantitative estimate of drug-likeness (QED) is 0.745. The van der Waals surface area contributed by atoms with E-state index >= 15 is 0 Å². The van der Waals surface area contributed by atoms with Crippen LogP contribution in [-0.2, 0) is 11.2 Å². The van der Waals surface area contributed by atoms with E-state index in [1.54, 1.807) is 14.0 Å². The van der Waals surface area contributed by atoms with Crippen molar-refractivity contribution in [3.63, 3.8) is 0 Å². The minimum Gasteiger partial charge on any atom is -0.493 e. The van der Waals surface area contributed by atoms with E-state index in [2.05, 4.69) is 47.7 Å². The van der Waals surface area contributed by atoms with Crippen molar-refractivity contribution in [1.29, 1.82) is 0 Å². The number of hydrogen-bond donors (Lipinski definition) is 1. The number of rotatable bonds is 5. The second-order valence-corrected chi connectivity index (χ2v) is 9.43. The van der Waals surface area contributed by atoms with Crippen LogP contribution < -0.4 is 9.47 Å². The molecular formula is C21H32BrNO4. The lowest BCUT2D eigenvalue weighted by Crippen LogP contribution is -2.47. The Morgan fingerprint density at radius 1 is 1.33 bits per heavy atom. The Morgan fingerprint density at radius 3 is 2.70 bits per heavy atom. The average Bonchev–Trinajstić information content (AvgIpc) is 2.58. The molecule has 0 aromatic heterocycles. The van der Waals surface area contributed by atoms with Crippen molar-refractivity contribution in [2.24, 2.45) is 0 Å². The molecule has 0 spiro atoms. The van der Waals surface area contributed by atoms with Crippen molar-refractivity contribution in [3.05, 3.63) is 21.7 Å². The van der Waals surface area contributed by atoms with Crippen LogP contribution in [0.3, 0.4) is 0 Å². The molecule has 5 nitrogen and oxygen atoms in total. The number of piperidine rings is 1. The molecule has 152 valence electrons. The molecule has 0 aliphatic carbocycles. The van der Waals surface area contributed by atoms with Crippen molar-refractivity contribution in [2.75, 3.05) is 26.8 Å². The van der Waals surface area contributed by atoms with Gasteiger partial charge in [0.05, 0.1) is 29.4 Å². The Bertz CT molecular complexity index is 671. The van der Waals surface area contributed by atoms with Gasteiger partial charge in [0.1, 0.15) is 6.61 Å². The van der Waals surface area contributed by atoms with Crippen molar-refractivity contribution < 1.29 is 19.3 Å². The number of ether oxygens (including phenoxy) is 3. The molecule has 0 radical (unpaired) electrons. The van der Waals surface area contributed by atoms with Gasteiger partial charge in [-0.2, -0.15) is 0 Å². The summed E-state index contributed by atoms with van der Waals surface area (Å²) in [4.78, 5) is 2.55.